The summed E-state index contributed by atoms with van der Waals surface area (Å²) < 4.78 is 0. The van der Waals surface area contributed by atoms with Crippen LogP contribution < -0.4 is 5.32 Å². The topological polar surface area (TPSA) is 12.0 Å². The van der Waals surface area contributed by atoms with E-state index in [1.165, 1.54) is 57.2 Å². The molecule has 1 nitrogen and oxygen atoms in total. The molecular formula is C13H27NS. The van der Waals surface area contributed by atoms with Crippen molar-refractivity contribution in [2.45, 2.75) is 57.9 Å². The van der Waals surface area contributed by atoms with Gasteiger partial charge in [0.25, 0.3) is 0 Å². The van der Waals surface area contributed by atoms with Crippen molar-refractivity contribution < 1.29 is 0 Å². The Balaban J connectivity index is 2.23. The lowest BCUT2D eigenvalue weighted by atomic mass is 9.94. The van der Waals surface area contributed by atoms with Gasteiger partial charge in [0.1, 0.15) is 0 Å². The van der Waals surface area contributed by atoms with E-state index in [1.807, 2.05) is 11.8 Å². The van der Waals surface area contributed by atoms with E-state index < -0.39 is 0 Å². The zero-order valence-corrected chi connectivity index (χ0v) is 11.2. The molecule has 1 rings (SSSR count). The fourth-order valence-corrected chi connectivity index (χ4v) is 3.10. The Morgan fingerprint density at radius 3 is 2.67 bits per heavy atom. The van der Waals surface area contributed by atoms with Crippen LogP contribution in [-0.4, -0.2) is 24.6 Å². The summed E-state index contributed by atoms with van der Waals surface area (Å²) in [5.41, 5.74) is 0. The summed E-state index contributed by atoms with van der Waals surface area (Å²) in [5.74, 6) is 2.32. The van der Waals surface area contributed by atoms with Crippen LogP contribution in [0.2, 0.25) is 0 Å². The van der Waals surface area contributed by atoms with Gasteiger partial charge in [-0.1, -0.05) is 19.8 Å². The standard InChI is InChI=1S/C13H27NS/c1-3-10-14-13(9-6-11-15-2)12-7-4-5-8-12/h12-14H,3-11H2,1-2H3. The molecule has 1 saturated carbocycles. The molecule has 0 radical (unpaired) electrons. The molecule has 90 valence electrons. The van der Waals surface area contributed by atoms with E-state index in [9.17, 15) is 0 Å². The molecule has 0 aromatic heterocycles. The second-order valence-electron chi connectivity index (χ2n) is 4.74. The highest BCUT2D eigenvalue weighted by Gasteiger charge is 2.23. The Morgan fingerprint density at radius 1 is 1.33 bits per heavy atom. The number of rotatable bonds is 8. The Morgan fingerprint density at radius 2 is 2.07 bits per heavy atom. The summed E-state index contributed by atoms with van der Waals surface area (Å²) >= 11 is 1.98. The molecule has 0 aliphatic heterocycles. The summed E-state index contributed by atoms with van der Waals surface area (Å²) in [5, 5.41) is 3.76. The van der Waals surface area contributed by atoms with Crippen LogP contribution in [-0.2, 0) is 0 Å². The molecule has 1 unspecified atom stereocenters. The molecule has 0 aromatic rings. The maximum absolute atomic E-state index is 3.76. The second kappa shape index (κ2) is 8.46. The third kappa shape index (κ3) is 5.26. The maximum atomic E-state index is 3.76. The highest BCUT2D eigenvalue weighted by atomic mass is 32.2. The number of hydrogen-bond acceptors (Lipinski definition) is 2. The summed E-state index contributed by atoms with van der Waals surface area (Å²) in [6.45, 7) is 3.47. The lowest BCUT2D eigenvalue weighted by molar-refractivity contribution is 0.339. The number of thioether (sulfide) groups is 1. The van der Waals surface area contributed by atoms with Crippen LogP contribution >= 0.6 is 11.8 Å². The Hall–Kier alpha value is 0.310. The second-order valence-corrected chi connectivity index (χ2v) is 5.73. The number of hydrogen-bond donors (Lipinski definition) is 1. The van der Waals surface area contributed by atoms with Gasteiger partial charge in [0.2, 0.25) is 0 Å². The normalized spacial score (nSPS) is 19.6. The highest BCUT2D eigenvalue weighted by molar-refractivity contribution is 7.98. The summed E-state index contributed by atoms with van der Waals surface area (Å²) in [6, 6.07) is 0.819. The van der Waals surface area contributed by atoms with Crippen molar-refractivity contribution in [3.8, 4) is 0 Å². The van der Waals surface area contributed by atoms with Crippen LogP contribution in [0.5, 0.6) is 0 Å². The third-order valence-electron chi connectivity index (χ3n) is 3.49. The minimum atomic E-state index is 0.819. The fourth-order valence-electron chi connectivity index (χ4n) is 2.64. The monoisotopic (exact) mass is 229 g/mol. The smallest absolute Gasteiger partial charge is 0.00956 e. The first-order chi connectivity index (χ1) is 7.38. The third-order valence-corrected chi connectivity index (χ3v) is 4.19. The molecule has 2 heteroatoms. The Labute approximate surface area is 99.8 Å². The van der Waals surface area contributed by atoms with Crippen LogP contribution in [0.15, 0.2) is 0 Å². The van der Waals surface area contributed by atoms with Crippen molar-refractivity contribution >= 4 is 11.8 Å². The average Bonchev–Trinajstić information content (AvgIpc) is 2.76. The van der Waals surface area contributed by atoms with Crippen molar-refractivity contribution in [3.05, 3.63) is 0 Å². The minimum Gasteiger partial charge on any atom is -0.314 e. The summed E-state index contributed by atoms with van der Waals surface area (Å²) in [7, 11) is 0. The van der Waals surface area contributed by atoms with Crippen molar-refractivity contribution in [1.82, 2.24) is 5.32 Å². The molecule has 1 fully saturated rings. The zero-order valence-electron chi connectivity index (χ0n) is 10.4. The SMILES string of the molecule is CCCNC(CCCSC)C1CCCC1. The lowest BCUT2D eigenvalue weighted by Crippen LogP contribution is -2.35. The van der Waals surface area contributed by atoms with Crippen LogP contribution in [0.25, 0.3) is 0 Å². The molecule has 1 aliphatic rings. The molecular weight excluding hydrogens is 202 g/mol. The molecule has 0 aromatic carbocycles. The first-order valence-corrected chi connectivity index (χ1v) is 8.00. The quantitative estimate of drug-likeness (QED) is 0.637. The van der Waals surface area contributed by atoms with Gasteiger partial charge in [0.15, 0.2) is 0 Å². The van der Waals surface area contributed by atoms with Crippen LogP contribution in [0.3, 0.4) is 0 Å². The molecule has 0 spiro atoms. The van der Waals surface area contributed by atoms with Gasteiger partial charge in [0.05, 0.1) is 0 Å². The molecule has 0 saturated heterocycles. The van der Waals surface area contributed by atoms with Gasteiger partial charge in [-0.15, -0.1) is 0 Å². The van der Waals surface area contributed by atoms with E-state index in [-0.39, 0.29) is 0 Å². The first-order valence-electron chi connectivity index (χ1n) is 6.60. The van der Waals surface area contributed by atoms with E-state index in [1.54, 1.807) is 0 Å². The van der Waals surface area contributed by atoms with Crippen molar-refractivity contribution in [2.24, 2.45) is 5.92 Å². The van der Waals surface area contributed by atoms with E-state index in [2.05, 4.69) is 18.5 Å². The highest BCUT2D eigenvalue weighted by Crippen LogP contribution is 2.29. The fraction of sp³-hybridized carbons (Fsp3) is 1.00. The summed E-state index contributed by atoms with van der Waals surface area (Å²) in [6.07, 6.45) is 12.1. The van der Waals surface area contributed by atoms with Crippen molar-refractivity contribution in [3.63, 3.8) is 0 Å². The van der Waals surface area contributed by atoms with Crippen LogP contribution in [0, 0.1) is 5.92 Å². The minimum absolute atomic E-state index is 0.819. The number of nitrogens with one attached hydrogen (secondary N) is 1. The van der Waals surface area contributed by atoms with E-state index in [4.69, 9.17) is 0 Å². The molecule has 0 amide bonds. The summed E-state index contributed by atoms with van der Waals surface area (Å²) in [4.78, 5) is 0. The predicted molar refractivity (Wildman–Crippen MR) is 71.7 cm³/mol. The van der Waals surface area contributed by atoms with Gasteiger partial charge in [-0.25, -0.2) is 0 Å². The van der Waals surface area contributed by atoms with E-state index in [0.29, 0.717) is 0 Å². The van der Waals surface area contributed by atoms with Gasteiger partial charge in [0, 0.05) is 6.04 Å². The first kappa shape index (κ1) is 13.4. The zero-order chi connectivity index (χ0) is 10.9. The van der Waals surface area contributed by atoms with Crippen molar-refractivity contribution in [2.75, 3.05) is 18.6 Å². The van der Waals surface area contributed by atoms with Crippen molar-refractivity contribution in [1.29, 1.82) is 0 Å². The maximum Gasteiger partial charge on any atom is 0.00956 e. The molecule has 1 N–H and O–H groups in total. The van der Waals surface area contributed by atoms with Gasteiger partial charge >= 0.3 is 0 Å². The van der Waals surface area contributed by atoms with Gasteiger partial charge in [-0.05, 0) is 56.6 Å². The predicted octanol–water partition coefficient (Wildman–Crippen LogP) is 3.69. The molecule has 0 heterocycles. The lowest BCUT2D eigenvalue weighted by Gasteiger charge is -2.24. The van der Waals surface area contributed by atoms with Gasteiger partial charge in [-0.3, -0.25) is 0 Å². The average molecular weight is 229 g/mol. The molecule has 1 aliphatic carbocycles. The van der Waals surface area contributed by atoms with Crippen LogP contribution in [0.4, 0.5) is 0 Å². The van der Waals surface area contributed by atoms with Crippen LogP contribution in [0.1, 0.15) is 51.9 Å². The van der Waals surface area contributed by atoms with E-state index in [0.717, 1.165) is 12.0 Å². The molecule has 0 bridgehead atoms. The van der Waals surface area contributed by atoms with Gasteiger partial charge < -0.3 is 5.32 Å². The largest absolute Gasteiger partial charge is 0.314 e. The van der Waals surface area contributed by atoms with Gasteiger partial charge in [-0.2, -0.15) is 11.8 Å². The molecule has 15 heavy (non-hydrogen) atoms. The Kier molecular flexibility index (Phi) is 7.54. The van der Waals surface area contributed by atoms with E-state index >= 15 is 0 Å². The molecule has 1 atom stereocenters. The Bertz CT molecular complexity index is 143.